The molecule has 0 radical (unpaired) electrons. The summed E-state index contributed by atoms with van der Waals surface area (Å²) >= 11 is 2.88. The molecule has 2 aliphatic heterocycles. The number of methoxy groups -OCH3 is 5. The van der Waals surface area contributed by atoms with Gasteiger partial charge in [0.15, 0.2) is 0 Å². The quantitative estimate of drug-likeness (QED) is 0.0696. The zero-order chi connectivity index (χ0) is 74.3. The SMILES string of the molecule is COc1ccc(C[C@@H]2NC(=O)[C@H](Cc3ccc(OC)cc3)N(C)C(=O)[C@@H](CC(C)C)NC(=O)[C@H]([C@@H](C)OC)NC(=O)CCSCc3cccc(c3)CSC[C@@H](C(N)=O)NC(=O)[C@]3(C)CCCN3C(=O)[C@H](Cc3ccc(OC)cc3)NC(=O)[C@H]([C@@H](C)OC)NC(=O)[C@H](CC(C)C)N(C)C2=O)cc1. The molecule has 2 heterocycles. The Hall–Kier alpha value is -8.40. The van der Waals surface area contributed by atoms with Gasteiger partial charge in [0.25, 0.3) is 0 Å². The monoisotopic (exact) mass is 1440 g/mol. The molecule has 4 aromatic rings. The van der Waals surface area contributed by atoms with E-state index in [0.29, 0.717) is 57.6 Å². The molecule has 1 fully saturated rings. The maximum atomic E-state index is 15.6. The maximum Gasteiger partial charge on any atom is 0.246 e. The number of ether oxygens (including phenoxy) is 5. The molecule has 8 N–H and O–H groups in total. The number of hydrogen-bond donors (Lipinski definition) is 7. The highest BCUT2D eigenvalue weighted by Gasteiger charge is 2.49. The van der Waals surface area contributed by atoms with Gasteiger partial charge in [-0.15, -0.1) is 0 Å². The van der Waals surface area contributed by atoms with Gasteiger partial charge in [-0.25, -0.2) is 0 Å². The number of carbonyl (C=O) groups excluding carboxylic acids is 10. The van der Waals surface area contributed by atoms with Crippen LogP contribution in [0.4, 0.5) is 0 Å². The Morgan fingerprint density at radius 3 is 1.49 bits per heavy atom. The number of thioether (sulfide) groups is 2. The van der Waals surface area contributed by atoms with E-state index < -0.39 is 125 Å². The van der Waals surface area contributed by atoms with E-state index in [0.717, 1.165) is 11.1 Å². The fraction of sp³-hybridized carbons (Fsp3) is 0.541. The van der Waals surface area contributed by atoms with Crippen molar-refractivity contribution in [3.05, 3.63) is 125 Å². The second kappa shape index (κ2) is 39.1. The summed E-state index contributed by atoms with van der Waals surface area (Å²) in [7, 11) is 10.2. The standard InChI is InChI=1S/C74H104N10O15S2/c1-44(2)35-56-70(91)83(9)61(40-50-23-29-55(99-14)30-24-50)66(87)76-57(38-48-19-25-53(97-12)26-20-48)71(92)82(8)60(36-45(3)4)67(88)81-64(47(6)96-11)69(90)78-58(39-49-21-27-54(98-13)28-22-49)72(93)84-33-16-32-74(84,7)73(94)79-59(65(75)86)43-101-42-52-18-15-17-51(37-52)41-100-34-31-62(85)80-63(46(5)95-10)68(89)77-56/h15,17-30,37,44-47,56-61,63-64H,16,31-36,38-43H2,1-14H3,(H2,75,86)(H,76,87)(H,77,89)(H,78,90)(H,79,94)(H,80,85)(H,81,88)/t46-,47-,56-,57+,58+,59+,60+,61+,63+,64+,74+/m1/s1. The van der Waals surface area contributed by atoms with Gasteiger partial charge in [-0.1, -0.05) is 88.4 Å². The number of likely N-dealkylation sites (N-methyl/N-ethyl adjacent to an activating group) is 2. The third kappa shape index (κ3) is 23.3. The van der Waals surface area contributed by atoms with Crippen LogP contribution in [0.3, 0.4) is 0 Å². The summed E-state index contributed by atoms with van der Waals surface area (Å²) in [5.41, 5.74) is 8.14. The van der Waals surface area contributed by atoms with Gasteiger partial charge in [-0.05, 0) is 123 Å². The van der Waals surface area contributed by atoms with Gasteiger partial charge >= 0.3 is 0 Å². The molecule has 2 aliphatic rings. The van der Waals surface area contributed by atoms with Gasteiger partial charge in [-0.2, -0.15) is 23.5 Å². The average molecular weight is 1440 g/mol. The van der Waals surface area contributed by atoms with Gasteiger partial charge in [-0.3, -0.25) is 47.9 Å². The highest BCUT2D eigenvalue weighted by molar-refractivity contribution is 7.98. The number of fused-ring (bicyclic) bond motifs is 3. The Labute approximate surface area is 602 Å². The van der Waals surface area contributed by atoms with E-state index in [9.17, 15) is 19.2 Å². The fourth-order valence-electron chi connectivity index (χ4n) is 12.2. The summed E-state index contributed by atoms with van der Waals surface area (Å²) in [6, 6.07) is 17.9. The first-order valence-electron chi connectivity index (χ1n) is 34.2. The molecule has 552 valence electrons. The summed E-state index contributed by atoms with van der Waals surface area (Å²) in [6.45, 7) is 12.4. The van der Waals surface area contributed by atoms with Crippen LogP contribution in [-0.2, 0) is 88.2 Å². The first-order valence-corrected chi connectivity index (χ1v) is 36.5. The highest BCUT2D eigenvalue weighted by Crippen LogP contribution is 2.32. The van der Waals surface area contributed by atoms with Crippen LogP contribution in [0.2, 0.25) is 0 Å². The summed E-state index contributed by atoms with van der Waals surface area (Å²) < 4.78 is 27.7. The van der Waals surface area contributed by atoms with E-state index in [1.807, 2.05) is 52.0 Å². The Kier molecular flexibility index (Phi) is 31.6. The Bertz CT molecular complexity index is 3460. The minimum Gasteiger partial charge on any atom is -0.497 e. The minimum atomic E-state index is -1.51. The molecular weight excluding hydrogens is 1330 g/mol. The van der Waals surface area contributed by atoms with E-state index in [4.69, 9.17) is 29.4 Å². The lowest BCUT2D eigenvalue weighted by Crippen LogP contribution is -2.64. The molecule has 0 aliphatic carbocycles. The van der Waals surface area contributed by atoms with Crippen molar-refractivity contribution in [1.29, 1.82) is 0 Å². The van der Waals surface area contributed by atoms with Gasteiger partial charge in [0.2, 0.25) is 59.1 Å². The largest absolute Gasteiger partial charge is 0.497 e. The Balaban J connectivity index is 1.44. The van der Waals surface area contributed by atoms with Crippen LogP contribution >= 0.6 is 23.5 Å². The van der Waals surface area contributed by atoms with E-state index in [-0.39, 0.29) is 69.1 Å². The van der Waals surface area contributed by atoms with Crippen LogP contribution in [-0.4, -0.2) is 208 Å². The van der Waals surface area contributed by atoms with Crippen LogP contribution in [0, 0.1) is 11.8 Å². The number of nitrogens with zero attached hydrogens (tertiary/aromatic N) is 3. The number of benzene rings is 4. The molecule has 27 heteroatoms. The second-order valence-corrected chi connectivity index (χ2v) is 29.0. The molecule has 0 unspecified atom stereocenters. The molecule has 0 saturated carbocycles. The van der Waals surface area contributed by atoms with Crippen LogP contribution in [0.15, 0.2) is 97.1 Å². The third-order valence-electron chi connectivity index (χ3n) is 18.5. The van der Waals surface area contributed by atoms with Crippen LogP contribution in [0.5, 0.6) is 17.2 Å². The number of nitrogens with two attached hydrogens (primary N) is 1. The van der Waals surface area contributed by atoms with Crippen molar-refractivity contribution in [3.8, 4) is 17.2 Å². The first-order chi connectivity index (χ1) is 48.0. The fourth-order valence-corrected chi connectivity index (χ4v) is 14.1. The predicted octanol–water partition coefficient (Wildman–Crippen LogP) is 4.90. The molecule has 101 heavy (non-hydrogen) atoms. The van der Waals surface area contributed by atoms with Crippen molar-refractivity contribution in [3.63, 3.8) is 0 Å². The molecule has 10 amide bonds. The zero-order valence-corrected chi connectivity index (χ0v) is 62.4. The van der Waals surface area contributed by atoms with Crippen LogP contribution < -0.4 is 51.8 Å². The minimum absolute atomic E-state index is 0.0309. The van der Waals surface area contributed by atoms with Gasteiger partial charge in [0.05, 0.1) is 33.5 Å². The molecule has 11 atom stereocenters. The lowest BCUT2D eigenvalue weighted by molar-refractivity contribution is -0.148. The van der Waals surface area contributed by atoms with Gasteiger partial charge < -0.3 is 76.0 Å². The molecule has 2 bridgehead atoms. The molecule has 6 rings (SSSR count). The lowest BCUT2D eigenvalue weighted by Gasteiger charge is -2.37. The number of amides is 10. The number of hydrogen-bond acceptors (Lipinski definition) is 17. The van der Waals surface area contributed by atoms with Crippen molar-refractivity contribution in [2.45, 2.75) is 177 Å². The molecular formula is C74H104N10O15S2. The molecule has 1 saturated heterocycles. The summed E-state index contributed by atoms with van der Waals surface area (Å²) in [6.07, 6.45) is -1.38. The van der Waals surface area contributed by atoms with Crippen LogP contribution in [0.1, 0.15) is 108 Å². The third-order valence-corrected chi connectivity index (χ3v) is 20.6. The normalized spacial score (nSPS) is 24.2. The summed E-state index contributed by atoms with van der Waals surface area (Å²) in [4.78, 5) is 152. The van der Waals surface area contributed by atoms with Crippen molar-refractivity contribution in [2.75, 3.05) is 67.7 Å². The lowest BCUT2D eigenvalue weighted by atomic mass is 9.95. The van der Waals surface area contributed by atoms with Crippen molar-refractivity contribution < 1.29 is 71.6 Å². The highest BCUT2D eigenvalue weighted by atomic mass is 32.2. The average Bonchev–Trinajstić information content (AvgIpc) is 1.72. The zero-order valence-electron chi connectivity index (χ0n) is 60.7. The summed E-state index contributed by atoms with van der Waals surface area (Å²) in [5.74, 6) is -4.24. The predicted molar refractivity (Wildman–Crippen MR) is 389 cm³/mol. The van der Waals surface area contributed by atoms with E-state index in [1.54, 1.807) is 93.6 Å². The van der Waals surface area contributed by atoms with Gasteiger partial charge in [0.1, 0.15) is 71.1 Å². The van der Waals surface area contributed by atoms with E-state index >= 15 is 28.8 Å². The number of rotatable bonds is 18. The summed E-state index contributed by atoms with van der Waals surface area (Å²) in [5, 5.41) is 17.3. The molecule has 0 spiro atoms. The number of nitrogens with one attached hydrogen (secondary N) is 6. The van der Waals surface area contributed by atoms with Gasteiger partial charge in [0, 0.05) is 83.6 Å². The Morgan fingerprint density at radius 2 is 0.990 bits per heavy atom. The number of carbonyl (C=O) groups is 10. The topological polar surface area (TPSA) is 325 Å². The first kappa shape index (κ1) is 81.6. The smallest absolute Gasteiger partial charge is 0.246 e. The molecule has 4 aromatic carbocycles. The number of primary amides is 1. The maximum absolute atomic E-state index is 15.6. The van der Waals surface area contributed by atoms with Crippen molar-refractivity contribution in [2.24, 2.45) is 17.6 Å². The Morgan fingerprint density at radius 1 is 0.545 bits per heavy atom. The van der Waals surface area contributed by atoms with Crippen molar-refractivity contribution in [1.82, 2.24) is 46.6 Å². The second-order valence-electron chi connectivity index (χ2n) is 26.9. The van der Waals surface area contributed by atoms with E-state index in [1.165, 1.54) is 87.9 Å². The van der Waals surface area contributed by atoms with E-state index in [2.05, 4.69) is 31.9 Å². The van der Waals surface area contributed by atoms with Crippen LogP contribution in [0.25, 0.3) is 0 Å². The molecule has 25 nitrogen and oxygen atoms in total. The molecule has 0 aromatic heterocycles. The van der Waals surface area contributed by atoms with Crippen molar-refractivity contribution >= 4 is 82.6 Å².